The summed E-state index contributed by atoms with van der Waals surface area (Å²) in [4.78, 5) is 2.46. The smallest absolute Gasteiger partial charge is 0.119 e. The highest BCUT2D eigenvalue weighted by atomic mass is 16.5. The second kappa shape index (κ2) is 7.70. The van der Waals surface area contributed by atoms with Crippen LogP contribution in [-0.2, 0) is 4.74 Å². The molecule has 0 aromatic heterocycles. The van der Waals surface area contributed by atoms with Gasteiger partial charge in [-0.2, -0.15) is 0 Å². The van der Waals surface area contributed by atoms with E-state index in [2.05, 4.69) is 73.1 Å². The van der Waals surface area contributed by atoms with Crippen LogP contribution in [0.3, 0.4) is 0 Å². The molecule has 0 unspecified atom stereocenters. The molecule has 1 aliphatic rings. The fourth-order valence-electron chi connectivity index (χ4n) is 3.06. The van der Waals surface area contributed by atoms with Gasteiger partial charge in [-0.15, -0.1) is 0 Å². The Kier molecular flexibility index (Phi) is 6.70. The Hall–Kier alpha value is -1.02. The molecule has 0 heterocycles. The third-order valence-electron chi connectivity index (χ3n) is 4.46. The molecule has 1 fully saturated rings. The summed E-state index contributed by atoms with van der Waals surface area (Å²) in [5, 5.41) is 0. The lowest BCUT2D eigenvalue weighted by Crippen LogP contribution is -2.53. The van der Waals surface area contributed by atoms with Gasteiger partial charge >= 0.3 is 0 Å². The summed E-state index contributed by atoms with van der Waals surface area (Å²) in [6.45, 7) is 19.6. The topological polar surface area (TPSA) is 12.5 Å². The Labute approximate surface area is 144 Å². The van der Waals surface area contributed by atoms with E-state index in [0.717, 1.165) is 25.0 Å². The average molecular weight is 320 g/mol. The van der Waals surface area contributed by atoms with Gasteiger partial charge in [0, 0.05) is 24.4 Å². The summed E-state index contributed by atoms with van der Waals surface area (Å²) >= 11 is 0. The van der Waals surface area contributed by atoms with Gasteiger partial charge in [0.1, 0.15) is 11.9 Å². The van der Waals surface area contributed by atoms with E-state index in [-0.39, 0.29) is 5.54 Å². The quantitative estimate of drug-likeness (QED) is 0.459. The Morgan fingerprint density at radius 1 is 1.17 bits per heavy atom. The first kappa shape index (κ1) is 20.0. The number of nitrogens with zero attached hydrogens (tertiary/aromatic N) is 1. The molecule has 0 amide bonds. The van der Waals surface area contributed by atoms with E-state index in [1.54, 1.807) is 0 Å². The molecule has 0 bridgehead atoms. The third-order valence-corrected chi connectivity index (χ3v) is 4.46. The first-order valence-corrected chi connectivity index (χ1v) is 8.82. The van der Waals surface area contributed by atoms with Crippen molar-refractivity contribution < 1.29 is 4.74 Å². The molecule has 0 radical (unpaired) electrons. The lowest BCUT2D eigenvalue weighted by molar-refractivity contribution is -0.0350. The zero-order chi connectivity index (χ0) is 17.8. The van der Waals surface area contributed by atoms with Crippen molar-refractivity contribution >= 4 is 0 Å². The van der Waals surface area contributed by atoms with Gasteiger partial charge in [-0.05, 0) is 58.7 Å². The van der Waals surface area contributed by atoms with Crippen molar-refractivity contribution in [3.8, 4) is 0 Å². The number of ether oxygens (including phenoxy) is 1. The third kappa shape index (κ3) is 6.95. The van der Waals surface area contributed by atoms with Crippen LogP contribution in [0.4, 0.5) is 0 Å². The fraction of sp³-hybridized carbons (Fsp3) is 0.714. The molecule has 1 rings (SSSR count). The van der Waals surface area contributed by atoms with Crippen molar-refractivity contribution in [2.24, 2.45) is 5.41 Å². The average Bonchev–Trinajstić information content (AvgIpc) is 2.28. The molecule has 0 N–H and O–H groups in total. The minimum absolute atomic E-state index is 0.221. The van der Waals surface area contributed by atoms with Gasteiger partial charge in [-0.3, -0.25) is 4.90 Å². The summed E-state index contributed by atoms with van der Waals surface area (Å²) in [5.74, 6) is 0.948. The van der Waals surface area contributed by atoms with E-state index in [4.69, 9.17) is 4.74 Å². The van der Waals surface area contributed by atoms with E-state index >= 15 is 0 Å². The minimum Gasteiger partial charge on any atom is -0.490 e. The highest BCUT2D eigenvalue weighted by Crippen LogP contribution is 2.33. The SMILES string of the molecule is C=C/C=C(\C=C(/C)CC(C)(C)C)OC1CC(N(C)C(C)(C)C)C1. The highest BCUT2D eigenvalue weighted by molar-refractivity contribution is 5.22. The van der Waals surface area contributed by atoms with Crippen LogP contribution in [-0.4, -0.2) is 29.6 Å². The fourth-order valence-corrected chi connectivity index (χ4v) is 3.06. The zero-order valence-corrected chi connectivity index (χ0v) is 16.6. The van der Waals surface area contributed by atoms with Gasteiger partial charge < -0.3 is 4.74 Å². The predicted octanol–water partition coefficient (Wildman–Crippen LogP) is 5.72. The van der Waals surface area contributed by atoms with Gasteiger partial charge in [-0.25, -0.2) is 0 Å². The van der Waals surface area contributed by atoms with Gasteiger partial charge in [0.05, 0.1) is 0 Å². The molecule has 1 aliphatic carbocycles. The van der Waals surface area contributed by atoms with Crippen molar-refractivity contribution in [3.05, 3.63) is 36.1 Å². The number of rotatable bonds is 6. The maximum Gasteiger partial charge on any atom is 0.119 e. The van der Waals surface area contributed by atoms with Crippen molar-refractivity contribution in [3.63, 3.8) is 0 Å². The van der Waals surface area contributed by atoms with Crippen LogP contribution < -0.4 is 0 Å². The Balaban J connectivity index is 2.59. The molecule has 0 atom stereocenters. The van der Waals surface area contributed by atoms with Gasteiger partial charge in [-0.1, -0.05) is 39.0 Å². The van der Waals surface area contributed by atoms with Crippen LogP contribution in [0.5, 0.6) is 0 Å². The number of hydrogen-bond donors (Lipinski definition) is 0. The minimum atomic E-state index is 0.221. The first-order valence-electron chi connectivity index (χ1n) is 8.82. The molecular formula is C21H37NO. The molecule has 0 aromatic carbocycles. The van der Waals surface area contributed by atoms with Crippen LogP contribution in [0.15, 0.2) is 36.1 Å². The van der Waals surface area contributed by atoms with Crippen LogP contribution >= 0.6 is 0 Å². The molecule has 0 aliphatic heterocycles. The number of hydrogen-bond acceptors (Lipinski definition) is 2. The van der Waals surface area contributed by atoms with Crippen LogP contribution in [0.25, 0.3) is 0 Å². The van der Waals surface area contributed by atoms with Crippen LogP contribution in [0.2, 0.25) is 0 Å². The molecule has 23 heavy (non-hydrogen) atoms. The Morgan fingerprint density at radius 2 is 1.74 bits per heavy atom. The van der Waals surface area contributed by atoms with Crippen LogP contribution in [0, 0.1) is 5.41 Å². The van der Waals surface area contributed by atoms with E-state index in [0.29, 0.717) is 17.6 Å². The second-order valence-corrected chi connectivity index (χ2v) is 9.18. The monoisotopic (exact) mass is 319 g/mol. The highest BCUT2D eigenvalue weighted by Gasteiger charge is 2.37. The van der Waals surface area contributed by atoms with Gasteiger partial charge in [0.15, 0.2) is 0 Å². The maximum absolute atomic E-state index is 6.19. The molecule has 0 aromatic rings. The summed E-state index contributed by atoms with van der Waals surface area (Å²) in [5.41, 5.74) is 1.88. The summed E-state index contributed by atoms with van der Waals surface area (Å²) in [6, 6.07) is 0.629. The van der Waals surface area contributed by atoms with E-state index in [1.807, 2.05) is 12.2 Å². The molecule has 0 saturated heterocycles. The van der Waals surface area contributed by atoms with Gasteiger partial charge in [0.2, 0.25) is 0 Å². The van der Waals surface area contributed by atoms with Crippen LogP contribution in [0.1, 0.15) is 67.7 Å². The molecule has 2 heteroatoms. The molecule has 132 valence electrons. The zero-order valence-electron chi connectivity index (χ0n) is 16.6. The summed E-state index contributed by atoms with van der Waals surface area (Å²) in [7, 11) is 2.22. The lowest BCUT2D eigenvalue weighted by atomic mass is 9.85. The van der Waals surface area contributed by atoms with Crippen molar-refractivity contribution in [1.29, 1.82) is 0 Å². The normalized spacial score (nSPS) is 23.7. The maximum atomic E-state index is 6.19. The predicted molar refractivity (Wildman–Crippen MR) is 102 cm³/mol. The van der Waals surface area contributed by atoms with Gasteiger partial charge in [0.25, 0.3) is 0 Å². The molecule has 0 spiro atoms. The summed E-state index contributed by atoms with van der Waals surface area (Å²) in [6.07, 6.45) is 9.58. The molecule has 2 nitrogen and oxygen atoms in total. The first-order chi connectivity index (χ1) is 10.4. The largest absolute Gasteiger partial charge is 0.490 e. The van der Waals surface area contributed by atoms with Crippen molar-refractivity contribution in [2.75, 3.05) is 7.05 Å². The second-order valence-electron chi connectivity index (χ2n) is 9.18. The number of allylic oxidation sites excluding steroid dienone is 4. The van der Waals surface area contributed by atoms with E-state index < -0.39 is 0 Å². The molecular weight excluding hydrogens is 282 g/mol. The van der Waals surface area contributed by atoms with E-state index in [9.17, 15) is 0 Å². The molecule has 1 saturated carbocycles. The van der Waals surface area contributed by atoms with Crippen molar-refractivity contribution in [2.45, 2.75) is 85.4 Å². The Bertz CT molecular complexity index is 453. The summed E-state index contributed by atoms with van der Waals surface area (Å²) < 4.78 is 6.19. The standard InChI is InChI=1S/C21H37NO/c1-10-11-18(12-16(2)15-20(3,4)5)23-19-13-17(14-19)22(9)21(6,7)8/h10-12,17,19H,1,13-15H2,2-9H3/b16-12+,18-11+. The Morgan fingerprint density at radius 3 is 2.17 bits per heavy atom. The van der Waals surface area contributed by atoms with Crippen molar-refractivity contribution in [1.82, 2.24) is 4.90 Å². The lowest BCUT2D eigenvalue weighted by Gasteiger charge is -2.46. The van der Waals surface area contributed by atoms with E-state index in [1.165, 1.54) is 5.57 Å².